The van der Waals surface area contributed by atoms with E-state index in [0.717, 1.165) is 25.3 Å². The van der Waals surface area contributed by atoms with Crippen LogP contribution in [0.15, 0.2) is 23.2 Å². The highest BCUT2D eigenvalue weighted by Crippen LogP contribution is 2.44. The van der Waals surface area contributed by atoms with Crippen molar-refractivity contribution < 1.29 is 9.18 Å². The molecule has 0 bridgehead atoms. The van der Waals surface area contributed by atoms with Crippen LogP contribution in [0, 0.1) is 11.7 Å². The van der Waals surface area contributed by atoms with Crippen molar-refractivity contribution in [3.8, 4) is 0 Å². The van der Waals surface area contributed by atoms with Crippen LogP contribution in [0.1, 0.15) is 45.1 Å². The topological polar surface area (TPSA) is 56.7 Å². The number of hydrogen-bond acceptors (Lipinski definition) is 2. The molecule has 3 rings (SSSR count). The zero-order valence-electron chi connectivity index (χ0n) is 16.1. The zero-order valence-corrected chi connectivity index (χ0v) is 16.9. The van der Waals surface area contributed by atoms with Crippen LogP contribution in [0.3, 0.4) is 0 Å². The Hall–Kier alpha value is -1.82. The normalized spacial score (nSPS) is 25.0. The first-order valence-electron chi connectivity index (χ1n) is 9.70. The second-order valence-electron chi connectivity index (χ2n) is 7.62. The Labute approximate surface area is 165 Å². The molecule has 27 heavy (non-hydrogen) atoms. The van der Waals surface area contributed by atoms with Crippen molar-refractivity contribution in [3.05, 3.63) is 34.6 Å². The third kappa shape index (κ3) is 4.72. The summed E-state index contributed by atoms with van der Waals surface area (Å²) in [5, 5.41) is 7.31. The summed E-state index contributed by atoms with van der Waals surface area (Å²) >= 11 is 6.19. The molecule has 1 aliphatic carbocycles. The fraction of sp³-hybridized carbons (Fsp3) is 0.600. The van der Waals surface area contributed by atoms with E-state index in [-0.39, 0.29) is 35.6 Å². The van der Waals surface area contributed by atoms with Crippen LogP contribution in [-0.4, -0.2) is 48.5 Å². The van der Waals surface area contributed by atoms with Gasteiger partial charge >= 0.3 is 0 Å². The van der Waals surface area contributed by atoms with E-state index in [1.165, 1.54) is 6.07 Å². The average Bonchev–Trinajstić information content (AvgIpc) is 3.19. The lowest BCUT2D eigenvalue weighted by atomic mass is 10.1. The standard InChI is InChI=1S/C20H28ClFN4O/c1-4-23-20(24-13-8-9-26(11-13)19(27)12(2)3)25-17-10-14(17)18-15(21)6-5-7-16(18)22/h5-7,12-14,17H,4,8-11H2,1-3H3,(H2,23,24,25). The van der Waals surface area contributed by atoms with Gasteiger partial charge in [0.1, 0.15) is 5.82 Å². The van der Waals surface area contributed by atoms with Gasteiger partial charge in [0.25, 0.3) is 0 Å². The summed E-state index contributed by atoms with van der Waals surface area (Å²) in [5.74, 6) is 0.741. The van der Waals surface area contributed by atoms with E-state index in [1.54, 1.807) is 12.1 Å². The summed E-state index contributed by atoms with van der Waals surface area (Å²) in [6.45, 7) is 7.93. The number of benzene rings is 1. The number of nitrogens with zero attached hydrogens (tertiary/aromatic N) is 2. The molecular formula is C20H28ClFN4O. The number of likely N-dealkylation sites (tertiary alicyclic amines) is 1. The molecule has 0 spiro atoms. The molecule has 1 aliphatic heterocycles. The highest BCUT2D eigenvalue weighted by molar-refractivity contribution is 6.31. The van der Waals surface area contributed by atoms with Gasteiger partial charge in [0, 0.05) is 54.1 Å². The van der Waals surface area contributed by atoms with Crippen LogP contribution in [0.25, 0.3) is 0 Å². The zero-order chi connectivity index (χ0) is 19.6. The van der Waals surface area contributed by atoms with Gasteiger partial charge < -0.3 is 15.5 Å². The van der Waals surface area contributed by atoms with Gasteiger partial charge in [0.15, 0.2) is 5.96 Å². The second kappa shape index (κ2) is 8.46. The van der Waals surface area contributed by atoms with Crippen LogP contribution in [0.2, 0.25) is 5.02 Å². The predicted molar refractivity (Wildman–Crippen MR) is 107 cm³/mol. The predicted octanol–water partition coefficient (Wildman–Crippen LogP) is 3.15. The maximum Gasteiger partial charge on any atom is 0.225 e. The van der Waals surface area contributed by atoms with Crippen LogP contribution in [0.4, 0.5) is 4.39 Å². The van der Waals surface area contributed by atoms with Crippen molar-refractivity contribution in [3.63, 3.8) is 0 Å². The number of rotatable bonds is 5. The molecule has 148 valence electrons. The SMILES string of the molecule is CCN=C(NC1CCN(C(=O)C(C)C)C1)NC1CC1c1c(F)cccc1Cl. The van der Waals surface area contributed by atoms with E-state index in [9.17, 15) is 9.18 Å². The molecule has 7 heteroatoms. The second-order valence-corrected chi connectivity index (χ2v) is 8.03. The largest absolute Gasteiger partial charge is 0.353 e. The highest BCUT2D eigenvalue weighted by Gasteiger charge is 2.42. The van der Waals surface area contributed by atoms with E-state index in [0.29, 0.717) is 23.7 Å². The first-order chi connectivity index (χ1) is 12.9. The van der Waals surface area contributed by atoms with Crippen molar-refractivity contribution in [1.29, 1.82) is 0 Å². The molecule has 1 aromatic carbocycles. The third-order valence-corrected chi connectivity index (χ3v) is 5.46. The van der Waals surface area contributed by atoms with E-state index >= 15 is 0 Å². The number of amides is 1. The van der Waals surface area contributed by atoms with Crippen LogP contribution in [0.5, 0.6) is 0 Å². The molecule has 1 heterocycles. The molecule has 3 unspecified atom stereocenters. The van der Waals surface area contributed by atoms with Gasteiger partial charge in [0.05, 0.1) is 0 Å². The molecule has 2 fully saturated rings. The van der Waals surface area contributed by atoms with Gasteiger partial charge in [-0.3, -0.25) is 9.79 Å². The third-order valence-electron chi connectivity index (χ3n) is 5.13. The molecule has 1 saturated heterocycles. The van der Waals surface area contributed by atoms with Crippen molar-refractivity contribution >= 4 is 23.5 Å². The van der Waals surface area contributed by atoms with Crippen molar-refractivity contribution in [2.24, 2.45) is 10.9 Å². The first kappa shape index (κ1) is 19.9. The van der Waals surface area contributed by atoms with E-state index in [4.69, 9.17) is 11.6 Å². The fourth-order valence-corrected chi connectivity index (χ4v) is 3.95. The maximum absolute atomic E-state index is 14.1. The smallest absolute Gasteiger partial charge is 0.225 e. The van der Waals surface area contributed by atoms with Crippen LogP contribution < -0.4 is 10.6 Å². The summed E-state index contributed by atoms with van der Waals surface area (Å²) < 4.78 is 14.1. The molecule has 1 amide bonds. The summed E-state index contributed by atoms with van der Waals surface area (Å²) in [4.78, 5) is 18.6. The number of carbonyl (C=O) groups excluding carboxylic acids is 1. The fourth-order valence-electron chi connectivity index (χ4n) is 3.64. The molecule has 5 nitrogen and oxygen atoms in total. The molecule has 3 atom stereocenters. The highest BCUT2D eigenvalue weighted by atomic mass is 35.5. The molecule has 1 aromatic rings. The quantitative estimate of drug-likeness (QED) is 0.595. The van der Waals surface area contributed by atoms with Gasteiger partial charge in [0.2, 0.25) is 5.91 Å². The lowest BCUT2D eigenvalue weighted by molar-refractivity contribution is -0.133. The minimum Gasteiger partial charge on any atom is -0.353 e. The Kier molecular flexibility index (Phi) is 6.25. The summed E-state index contributed by atoms with van der Waals surface area (Å²) in [5.41, 5.74) is 0.585. The van der Waals surface area contributed by atoms with Gasteiger partial charge in [-0.15, -0.1) is 0 Å². The Balaban J connectivity index is 1.57. The summed E-state index contributed by atoms with van der Waals surface area (Å²) in [7, 11) is 0. The van der Waals surface area contributed by atoms with E-state index in [1.807, 2.05) is 25.7 Å². The van der Waals surface area contributed by atoms with Crippen LogP contribution >= 0.6 is 11.6 Å². The molecule has 2 aliphatic rings. The Bertz CT molecular complexity index is 704. The minimum absolute atomic E-state index is 0.0170. The number of hydrogen-bond donors (Lipinski definition) is 2. The maximum atomic E-state index is 14.1. The van der Waals surface area contributed by atoms with Crippen molar-refractivity contribution in [2.75, 3.05) is 19.6 Å². The lowest BCUT2D eigenvalue weighted by Gasteiger charge is -2.20. The summed E-state index contributed by atoms with van der Waals surface area (Å²) in [6.07, 6.45) is 1.73. The van der Waals surface area contributed by atoms with E-state index < -0.39 is 0 Å². The van der Waals surface area contributed by atoms with Gasteiger partial charge in [-0.05, 0) is 31.9 Å². The molecule has 0 radical (unpaired) electrons. The average molecular weight is 395 g/mol. The Morgan fingerprint density at radius 1 is 1.41 bits per heavy atom. The van der Waals surface area contributed by atoms with Gasteiger partial charge in [-0.2, -0.15) is 0 Å². The number of halogens is 2. The molecule has 1 saturated carbocycles. The minimum atomic E-state index is -0.252. The van der Waals surface area contributed by atoms with Crippen molar-refractivity contribution in [2.45, 2.75) is 51.6 Å². The summed E-state index contributed by atoms with van der Waals surface area (Å²) in [6, 6.07) is 5.11. The van der Waals surface area contributed by atoms with Crippen LogP contribution in [-0.2, 0) is 4.79 Å². The number of guanidine groups is 1. The molecular weight excluding hydrogens is 367 g/mol. The van der Waals surface area contributed by atoms with Gasteiger partial charge in [-0.25, -0.2) is 4.39 Å². The van der Waals surface area contributed by atoms with Crippen molar-refractivity contribution in [1.82, 2.24) is 15.5 Å². The number of aliphatic imine (C=N–C) groups is 1. The Morgan fingerprint density at radius 3 is 2.85 bits per heavy atom. The van der Waals surface area contributed by atoms with Gasteiger partial charge in [-0.1, -0.05) is 31.5 Å². The molecule has 0 aromatic heterocycles. The number of carbonyl (C=O) groups is 1. The first-order valence-corrected chi connectivity index (χ1v) is 10.1. The van der Waals surface area contributed by atoms with E-state index in [2.05, 4.69) is 15.6 Å². The monoisotopic (exact) mass is 394 g/mol. The number of nitrogens with one attached hydrogen (secondary N) is 2. The molecule has 2 N–H and O–H groups in total. The lowest BCUT2D eigenvalue weighted by Crippen LogP contribution is -2.46. The Morgan fingerprint density at radius 2 is 2.19 bits per heavy atom.